The summed E-state index contributed by atoms with van der Waals surface area (Å²) < 4.78 is 16.6. The summed E-state index contributed by atoms with van der Waals surface area (Å²) in [4.78, 5) is 11.7. The van der Waals surface area contributed by atoms with E-state index in [1.807, 2.05) is 13.0 Å². The third-order valence-corrected chi connectivity index (χ3v) is 3.53. The van der Waals surface area contributed by atoms with Crippen molar-refractivity contribution in [3.8, 4) is 0 Å². The van der Waals surface area contributed by atoms with Crippen molar-refractivity contribution in [3.05, 3.63) is 11.6 Å². The van der Waals surface area contributed by atoms with Gasteiger partial charge in [0.2, 0.25) is 0 Å². The summed E-state index contributed by atoms with van der Waals surface area (Å²) in [6.45, 7) is 6.44. The number of carbonyl (C=O) groups is 1. The highest BCUT2D eigenvalue weighted by molar-refractivity contribution is 5.89. The maximum absolute atomic E-state index is 11.7. The zero-order valence-corrected chi connectivity index (χ0v) is 11.3. The Morgan fingerprint density at radius 3 is 2.78 bits per heavy atom. The Morgan fingerprint density at radius 1 is 1.44 bits per heavy atom. The van der Waals surface area contributed by atoms with Crippen LogP contribution in [0.15, 0.2) is 11.6 Å². The van der Waals surface area contributed by atoms with E-state index < -0.39 is 0 Å². The van der Waals surface area contributed by atoms with E-state index in [0.29, 0.717) is 18.6 Å². The summed E-state index contributed by atoms with van der Waals surface area (Å²) in [5, 5.41) is 0. The van der Waals surface area contributed by atoms with Crippen LogP contribution in [0.25, 0.3) is 0 Å². The van der Waals surface area contributed by atoms with Crippen LogP contribution in [0.5, 0.6) is 0 Å². The van der Waals surface area contributed by atoms with Crippen LogP contribution in [-0.4, -0.2) is 37.0 Å². The maximum atomic E-state index is 11.7. The Balaban J connectivity index is 2.00. The number of fused-ring (bicyclic) bond motifs is 1. The van der Waals surface area contributed by atoms with Gasteiger partial charge in [0.05, 0.1) is 18.8 Å². The lowest BCUT2D eigenvalue weighted by Gasteiger charge is -2.22. The van der Waals surface area contributed by atoms with Gasteiger partial charge in [-0.05, 0) is 25.8 Å². The third kappa shape index (κ3) is 2.93. The van der Waals surface area contributed by atoms with Crippen LogP contribution in [0, 0.1) is 0 Å². The van der Waals surface area contributed by atoms with Crippen molar-refractivity contribution < 1.29 is 19.0 Å². The van der Waals surface area contributed by atoms with Crippen molar-refractivity contribution in [2.24, 2.45) is 0 Å². The van der Waals surface area contributed by atoms with Crippen molar-refractivity contribution in [1.82, 2.24) is 0 Å². The highest BCUT2D eigenvalue weighted by Gasteiger charge is 2.49. The van der Waals surface area contributed by atoms with E-state index in [-0.39, 0.29) is 30.4 Å². The number of hydrogen-bond donors (Lipinski definition) is 0. The van der Waals surface area contributed by atoms with Gasteiger partial charge >= 0.3 is 5.97 Å². The zero-order chi connectivity index (χ0) is 13.1. The summed E-state index contributed by atoms with van der Waals surface area (Å²) >= 11 is 0. The van der Waals surface area contributed by atoms with Gasteiger partial charge in [-0.25, -0.2) is 4.79 Å². The predicted octanol–water partition coefficient (Wildman–Crippen LogP) is 2.22. The molecule has 4 heteroatoms. The maximum Gasteiger partial charge on any atom is 0.333 e. The van der Waals surface area contributed by atoms with Gasteiger partial charge in [-0.1, -0.05) is 13.8 Å². The topological polar surface area (TPSA) is 48.1 Å². The first kappa shape index (κ1) is 13.6. The molecule has 2 rings (SSSR count). The van der Waals surface area contributed by atoms with E-state index in [2.05, 4.69) is 13.8 Å². The van der Waals surface area contributed by atoms with Crippen molar-refractivity contribution >= 4 is 5.97 Å². The molecular weight excluding hydrogens is 232 g/mol. The largest absolute Gasteiger partial charge is 0.463 e. The number of hydrogen-bond acceptors (Lipinski definition) is 4. The summed E-state index contributed by atoms with van der Waals surface area (Å²) in [5.74, 6) is -0.232. The van der Waals surface area contributed by atoms with Crippen LogP contribution in [0.4, 0.5) is 0 Å². The Morgan fingerprint density at radius 2 is 2.17 bits per heavy atom. The highest BCUT2D eigenvalue weighted by atomic mass is 16.6. The number of ether oxygens (including phenoxy) is 3. The van der Waals surface area contributed by atoms with E-state index in [4.69, 9.17) is 14.2 Å². The van der Waals surface area contributed by atoms with Gasteiger partial charge in [-0.3, -0.25) is 0 Å². The van der Waals surface area contributed by atoms with E-state index in [1.165, 1.54) is 0 Å². The number of esters is 1. The monoisotopic (exact) mass is 254 g/mol. The summed E-state index contributed by atoms with van der Waals surface area (Å²) in [5.41, 5.74) is 0.701. The molecule has 0 saturated carbocycles. The Bertz CT molecular complexity index is 333. The summed E-state index contributed by atoms with van der Waals surface area (Å²) in [6.07, 6.45) is 4.94. The lowest BCUT2D eigenvalue weighted by molar-refractivity contribution is -0.138. The molecule has 0 aromatic rings. The molecule has 0 aromatic heterocycles. The third-order valence-electron chi connectivity index (χ3n) is 3.53. The molecule has 0 unspecified atom stereocenters. The molecule has 0 bridgehead atoms. The van der Waals surface area contributed by atoms with Gasteiger partial charge in [0.15, 0.2) is 0 Å². The quantitative estimate of drug-likeness (QED) is 0.538. The second-order valence-electron chi connectivity index (χ2n) is 4.79. The van der Waals surface area contributed by atoms with Gasteiger partial charge in [0, 0.05) is 12.0 Å². The Labute approximate surface area is 108 Å². The van der Waals surface area contributed by atoms with Crippen LogP contribution in [0.3, 0.4) is 0 Å². The van der Waals surface area contributed by atoms with E-state index >= 15 is 0 Å². The molecule has 1 aliphatic carbocycles. The van der Waals surface area contributed by atoms with Gasteiger partial charge in [0.1, 0.15) is 12.2 Å². The molecule has 4 nitrogen and oxygen atoms in total. The molecule has 3 atom stereocenters. The van der Waals surface area contributed by atoms with E-state index in [9.17, 15) is 4.79 Å². The molecule has 1 saturated heterocycles. The normalized spacial score (nSPS) is 29.8. The predicted molar refractivity (Wildman–Crippen MR) is 67.2 cm³/mol. The fraction of sp³-hybridized carbons (Fsp3) is 0.786. The summed E-state index contributed by atoms with van der Waals surface area (Å²) in [6, 6.07) is 0. The van der Waals surface area contributed by atoms with Gasteiger partial charge < -0.3 is 14.2 Å². The van der Waals surface area contributed by atoms with Crippen LogP contribution >= 0.6 is 0 Å². The molecule has 18 heavy (non-hydrogen) atoms. The molecule has 1 heterocycles. The highest BCUT2D eigenvalue weighted by Crippen LogP contribution is 2.38. The lowest BCUT2D eigenvalue weighted by Crippen LogP contribution is -2.30. The minimum atomic E-state index is -0.232. The Kier molecular flexibility index (Phi) is 4.40. The average Bonchev–Trinajstić information content (AvgIpc) is 3.15. The molecule has 2 aliphatic rings. The van der Waals surface area contributed by atoms with Crippen molar-refractivity contribution in [3.63, 3.8) is 0 Å². The fourth-order valence-corrected chi connectivity index (χ4v) is 2.38. The number of rotatable bonds is 6. The minimum absolute atomic E-state index is 0.0898. The van der Waals surface area contributed by atoms with E-state index in [1.54, 1.807) is 0 Å². The zero-order valence-electron chi connectivity index (χ0n) is 11.3. The molecule has 0 N–H and O–H groups in total. The number of carbonyl (C=O) groups excluding carboxylic acids is 1. The van der Waals surface area contributed by atoms with Gasteiger partial charge in [-0.15, -0.1) is 0 Å². The first-order valence-electron chi connectivity index (χ1n) is 6.88. The number of epoxide rings is 1. The standard InChI is InChI=1S/C14H22O4/c1-4-10(5-2)17-11-7-9(14(15)16-6-3)8-12-13(11)18-12/h7,10-13H,4-6,8H2,1-3H3/t11-,12+,13-/m0/s1. The first-order valence-corrected chi connectivity index (χ1v) is 6.88. The van der Waals surface area contributed by atoms with Crippen LogP contribution in [-0.2, 0) is 19.0 Å². The fourth-order valence-electron chi connectivity index (χ4n) is 2.38. The average molecular weight is 254 g/mol. The minimum Gasteiger partial charge on any atom is -0.463 e. The van der Waals surface area contributed by atoms with Gasteiger partial charge in [0.25, 0.3) is 0 Å². The molecule has 1 aliphatic heterocycles. The molecule has 0 spiro atoms. The molecule has 0 aromatic carbocycles. The SMILES string of the molecule is CCOC(=O)C1=C[C@H](OC(CC)CC)[C@@H]2O[C@@H]2C1. The second-order valence-corrected chi connectivity index (χ2v) is 4.79. The van der Waals surface area contributed by atoms with Crippen molar-refractivity contribution in [1.29, 1.82) is 0 Å². The molecule has 0 amide bonds. The smallest absolute Gasteiger partial charge is 0.333 e. The molecule has 102 valence electrons. The van der Waals surface area contributed by atoms with Crippen LogP contribution < -0.4 is 0 Å². The molecule has 0 radical (unpaired) electrons. The van der Waals surface area contributed by atoms with Gasteiger partial charge in [-0.2, -0.15) is 0 Å². The lowest BCUT2D eigenvalue weighted by atomic mass is 9.97. The second kappa shape index (κ2) is 5.85. The Hall–Kier alpha value is -0.870. The summed E-state index contributed by atoms with van der Waals surface area (Å²) in [7, 11) is 0. The van der Waals surface area contributed by atoms with Crippen molar-refractivity contribution in [2.45, 2.75) is 64.4 Å². The molecular formula is C14H22O4. The molecule has 1 fully saturated rings. The van der Waals surface area contributed by atoms with Crippen LogP contribution in [0.2, 0.25) is 0 Å². The van der Waals surface area contributed by atoms with Crippen LogP contribution in [0.1, 0.15) is 40.0 Å². The first-order chi connectivity index (χ1) is 8.69. The van der Waals surface area contributed by atoms with E-state index in [0.717, 1.165) is 12.8 Å². The van der Waals surface area contributed by atoms with Crippen molar-refractivity contribution in [2.75, 3.05) is 6.61 Å².